The Morgan fingerprint density at radius 2 is 1.93 bits per heavy atom. The molecule has 3 heteroatoms. The van der Waals surface area contributed by atoms with Crippen molar-refractivity contribution >= 4 is 0 Å². The molecule has 0 heterocycles. The Morgan fingerprint density at radius 1 is 1.33 bits per heavy atom. The number of hydrogen-bond donors (Lipinski definition) is 3. The highest BCUT2D eigenvalue weighted by Crippen LogP contribution is 2.13. The fourth-order valence-electron chi connectivity index (χ4n) is 1.60. The molecule has 0 fully saturated rings. The maximum atomic E-state index is 9.30. The standard InChI is InChI=1S/C12H25NO2/c1-4-7-8-11(5-2)13-12(6-3,9-14)10-15/h4,11,13-15H,1,5-10H2,2-3H3. The van der Waals surface area contributed by atoms with Crippen molar-refractivity contribution in [3.05, 3.63) is 12.7 Å². The van der Waals surface area contributed by atoms with Gasteiger partial charge in [0, 0.05) is 6.04 Å². The SMILES string of the molecule is C=CCCC(CC)NC(CC)(CO)CO. The molecule has 1 unspecified atom stereocenters. The van der Waals surface area contributed by atoms with Gasteiger partial charge < -0.3 is 15.5 Å². The summed E-state index contributed by atoms with van der Waals surface area (Å²) in [5.74, 6) is 0. The first-order chi connectivity index (χ1) is 7.17. The third-order valence-electron chi connectivity index (χ3n) is 3.00. The van der Waals surface area contributed by atoms with Crippen LogP contribution in [0, 0.1) is 0 Å². The van der Waals surface area contributed by atoms with Crippen LogP contribution in [-0.2, 0) is 0 Å². The van der Waals surface area contributed by atoms with E-state index in [0.29, 0.717) is 6.04 Å². The van der Waals surface area contributed by atoms with E-state index in [9.17, 15) is 10.2 Å². The van der Waals surface area contributed by atoms with E-state index in [1.165, 1.54) is 0 Å². The summed E-state index contributed by atoms with van der Waals surface area (Å²) in [5.41, 5.74) is -0.526. The molecule has 1 atom stereocenters. The summed E-state index contributed by atoms with van der Waals surface area (Å²) < 4.78 is 0. The maximum Gasteiger partial charge on any atom is 0.0647 e. The van der Waals surface area contributed by atoms with E-state index in [4.69, 9.17) is 0 Å². The van der Waals surface area contributed by atoms with Crippen LogP contribution in [-0.4, -0.2) is 35.0 Å². The number of aliphatic hydroxyl groups is 2. The van der Waals surface area contributed by atoms with Crippen molar-refractivity contribution in [1.82, 2.24) is 5.32 Å². The van der Waals surface area contributed by atoms with Crippen molar-refractivity contribution in [3.63, 3.8) is 0 Å². The largest absolute Gasteiger partial charge is 0.394 e. The zero-order valence-corrected chi connectivity index (χ0v) is 10.00. The highest BCUT2D eigenvalue weighted by Gasteiger charge is 2.28. The molecule has 0 saturated heterocycles. The summed E-state index contributed by atoms with van der Waals surface area (Å²) in [6.45, 7) is 7.73. The number of aliphatic hydroxyl groups excluding tert-OH is 2. The van der Waals surface area contributed by atoms with Gasteiger partial charge in [0.2, 0.25) is 0 Å². The molecule has 0 bridgehead atoms. The topological polar surface area (TPSA) is 52.5 Å². The van der Waals surface area contributed by atoms with Crippen molar-refractivity contribution in [3.8, 4) is 0 Å². The molecule has 0 saturated carbocycles. The van der Waals surface area contributed by atoms with E-state index in [2.05, 4.69) is 18.8 Å². The Hall–Kier alpha value is -0.380. The first kappa shape index (κ1) is 14.6. The van der Waals surface area contributed by atoms with Crippen LogP contribution in [0.1, 0.15) is 39.5 Å². The zero-order valence-electron chi connectivity index (χ0n) is 10.00. The summed E-state index contributed by atoms with van der Waals surface area (Å²) in [4.78, 5) is 0. The molecule has 0 aromatic carbocycles. The smallest absolute Gasteiger partial charge is 0.0647 e. The quantitative estimate of drug-likeness (QED) is 0.510. The molecule has 0 amide bonds. The Bertz CT molecular complexity index is 159. The van der Waals surface area contributed by atoms with Crippen LogP contribution in [0.3, 0.4) is 0 Å². The average molecular weight is 215 g/mol. The lowest BCUT2D eigenvalue weighted by Crippen LogP contribution is -2.55. The normalized spacial score (nSPS) is 13.9. The molecule has 0 rings (SSSR count). The summed E-state index contributed by atoms with van der Waals surface area (Å²) >= 11 is 0. The lowest BCUT2D eigenvalue weighted by atomic mass is 9.95. The van der Waals surface area contributed by atoms with Crippen LogP contribution in [0.15, 0.2) is 12.7 Å². The molecule has 0 aromatic heterocycles. The minimum absolute atomic E-state index is 0.0232. The third-order valence-corrected chi connectivity index (χ3v) is 3.00. The van der Waals surface area contributed by atoms with Crippen LogP contribution in [0.25, 0.3) is 0 Å². The van der Waals surface area contributed by atoms with Crippen LogP contribution < -0.4 is 5.32 Å². The molecule has 3 nitrogen and oxygen atoms in total. The molecule has 15 heavy (non-hydrogen) atoms. The molecule has 90 valence electrons. The average Bonchev–Trinajstić information content (AvgIpc) is 2.30. The van der Waals surface area contributed by atoms with Gasteiger partial charge in [-0.2, -0.15) is 0 Å². The predicted octanol–water partition coefficient (Wildman–Crippen LogP) is 1.45. The van der Waals surface area contributed by atoms with E-state index >= 15 is 0 Å². The van der Waals surface area contributed by atoms with Crippen molar-refractivity contribution in [2.24, 2.45) is 0 Å². The van der Waals surface area contributed by atoms with Gasteiger partial charge in [-0.25, -0.2) is 0 Å². The second kappa shape index (κ2) is 7.85. The van der Waals surface area contributed by atoms with Gasteiger partial charge >= 0.3 is 0 Å². The van der Waals surface area contributed by atoms with E-state index in [0.717, 1.165) is 25.7 Å². The second-order valence-corrected chi connectivity index (χ2v) is 4.07. The molecule has 0 aliphatic rings. The van der Waals surface area contributed by atoms with E-state index in [1.54, 1.807) is 0 Å². The first-order valence-corrected chi connectivity index (χ1v) is 5.78. The summed E-state index contributed by atoms with van der Waals surface area (Å²) in [5, 5.41) is 22.0. The van der Waals surface area contributed by atoms with Gasteiger partial charge in [0.15, 0.2) is 0 Å². The summed E-state index contributed by atoms with van der Waals surface area (Å²) in [6.07, 6.45) is 5.58. The molecule has 3 N–H and O–H groups in total. The van der Waals surface area contributed by atoms with Crippen molar-refractivity contribution in [2.45, 2.75) is 51.1 Å². The van der Waals surface area contributed by atoms with Crippen molar-refractivity contribution < 1.29 is 10.2 Å². The van der Waals surface area contributed by atoms with Crippen LogP contribution in [0.2, 0.25) is 0 Å². The first-order valence-electron chi connectivity index (χ1n) is 5.78. The Kier molecular flexibility index (Phi) is 7.65. The van der Waals surface area contributed by atoms with Gasteiger partial charge in [0.1, 0.15) is 0 Å². The lowest BCUT2D eigenvalue weighted by Gasteiger charge is -2.34. The van der Waals surface area contributed by atoms with E-state index < -0.39 is 5.54 Å². The maximum absolute atomic E-state index is 9.30. The fourth-order valence-corrected chi connectivity index (χ4v) is 1.60. The Balaban J connectivity index is 4.26. The van der Waals surface area contributed by atoms with Gasteiger partial charge in [-0.05, 0) is 25.7 Å². The highest BCUT2D eigenvalue weighted by molar-refractivity contribution is 4.89. The van der Waals surface area contributed by atoms with Gasteiger partial charge in [0.05, 0.1) is 18.8 Å². The van der Waals surface area contributed by atoms with Crippen LogP contribution in [0.5, 0.6) is 0 Å². The number of allylic oxidation sites excluding steroid dienone is 1. The monoisotopic (exact) mass is 215 g/mol. The van der Waals surface area contributed by atoms with E-state index in [1.807, 2.05) is 13.0 Å². The minimum atomic E-state index is -0.526. The van der Waals surface area contributed by atoms with Gasteiger partial charge in [0.25, 0.3) is 0 Å². The predicted molar refractivity (Wildman–Crippen MR) is 63.8 cm³/mol. The molecule has 0 aliphatic heterocycles. The Morgan fingerprint density at radius 3 is 2.27 bits per heavy atom. The molecular formula is C12H25NO2. The molecule has 0 aromatic rings. The fraction of sp³-hybridized carbons (Fsp3) is 0.833. The number of rotatable bonds is 9. The van der Waals surface area contributed by atoms with Gasteiger partial charge in [-0.15, -0.1) is 6.58 Å². The summed E-state index contributed by atoms with van der Waals surface area (Å²) in [7, 11) is 0. The second-order valence-electron chi connectivity index (χ2n) is 4.07. The lowest BCUT2D eigenvalue weighted by molar-refractivity contribution is 0.0759. The van der Waals surface area contributed by atoms with E-state index in [-0.39, 0.29) is 13.2 Å². The molecule has 0 spiro atoms. The molecular weight excluding hydrogens is 190 g/mol. The number of nitrogens with one attached hydrogen (secondary N) is 1. The van der Waals surface area contributed by atoms with Gasteiger partial charge in [-0.3, -0.25) is 0 Å². The van der Waals surface area contributed by atoms with Crippen LogP contribution >= 0.6 is 0 Å². The number of hydrogen-bond acceptors (Lipinski definition) is 3. The molecule has 0 radical (unpaired) electrons. The molecule has 0 aliphatic carbocycles. The minimum Gasteiger partial charge on any atom is -0.394 e. The van der Waals surface area contributed by atoms with Crippen molar-refractivity contribution in [2.75, 3.05) is 13.2 Å². The van der Waals surface area contributed by atoms with Gasteiger partial charge in [-0.1, -0.05) is 19.9 Å². The third kappa shape index (κ3) is 4.78. The Labute approximate surface area is 93.2 Å². The zero-order chi connectivity index (χ0) is 11.7. The summed E-state index contributed by atoms with van der Waals surface area (Å²) in [6, 6.07) is 0.335. The van der Waals surface area contributed by atoms with Crippen molar-refractivity contribution in [1.29, 1.82) is 0 Å². The van der Waals surface area contributed by atoms with Crippen LogP contribution in [0.4, 0.5) is 0 Å². The highest BCUT2D eigenvalue weighted by atomic mass is 16.3.